The maximum absolute atomic E-state index is 11.3. The first kappa shape index (κ1) is 18.6. The number of halogens is 1. The van der Waals surface area contributed by atoms with Gasteiger partial charge < -0.3 is 18.8 Å². The molecule has 0 aliphatic rings. The highest BCUT2D eigenvalue weighted by atomic mass is 79.9. The van der Waals surface area contributed by atoms with Crippen LogP contribution in [0.4, 0.5) is 0 Å². The quantitative estimate of drug-likeness (QED) is 0.401. The molecule has 2 aromatic heterocycles. The van der Waals surface area contributed by atoms with Crippen molar-refractivity contribution in [2.75, 3.05) is 6.54 Å². The van der Waals surface area contributed by atoms with Crippen molar-refractivity contribution in [3.8, 4) is 22.8 Å². The van der Waals surface area contributed by atoms with Crippen LogP contribution in [0, 0.1) is 0 Å². The second-order valence-electron chi connectivity index (χ2n) is 4.69. The average Bonchev–Trinajstić information content (AvgIpc) is 2.84. The highest BCUT2D eigenvalue weighted by molar-refractivity contribution is 9.09. The number of rotatable bonds is 7. The summed E-state index contributed by atoms with van der Waals surface area (Å²) in [6.45, 7) is 1.34. The van der Waals surface area contributed by atoms with Crippen LogP contribution in [-0.4, -0.2) is 31.4 Å². The smallest absolute Gasteiger partial charge is 0.308 e. The van der Waals surface area contributed by atoms with Crippen molar-refractivity contribution in [2.45, 2.75) is 18.2 Å². The van der Waals surface area contributed by atoms with Crippen molar-refractivity contribution in [3.05, 3.63) is 30.3 Å². The van der Waals surface area contributed by atoms with Crippen molar-refractivity contribution in [1.82, 2.24) is 9.71 Å². The van der Waals surface area contributed by atoms with Gasteiger partial charge in [-0.1, -0.05) is 15.9 Å². The standard InChI is InChI=1S/C14H15BrN2O6S/c1-8(18)22-14-11(19)12(9-2-5-16-6-3-9)23-13(14)10(15)4-7-17-24(20)21/h2-3,5-6,10,17,19H,4,7H2,1H3,(H,20,21)/p-1. The van der Waals surface area contributed by atoms with Crippen LogP contribution >= 0.6 is 15.9 Å². The Morgan fingerprint density at radius 3 is 2.79 bits per heavy atom. The first-order valence-corrected chi connectivity index (χ1v) is 8.80. The second-order valence-corrected chi connectivity index (χ2v) is 6.55. The van der Waals surface area contributed by atoms with Gasteiger partial charge in [-0.25, -0.2) is 4.72 Å². The van der Waals surface area contributed by atoms with Crippen LogP contribution in [0.2, 0.25) is 0 Å². The van der Waals surface area contributed by atoms with Crippen LogP contribution in [0.1, 0.15) is 23.9 Å². The highest BCUT2D eigenvalue weighted by Gasteiger charge is 2.28. The summed E-state index contributed by atoms with van der Waals surface area (Å²) < 4.78 is 34.0. The molecule has 0 spiro atoms. The van der Waals surface area contributed by atoms with Crippen molar-refractivity contribution in [3.63, 3.8) is 0 Å². The minimum Gasteiger partial charge on any atom is -0.760 e. The Hall–Kier alpha value is -1.75. The third-order valence-corrected chi connectivity index (χ3v) is 4.27. The number of hydrogen-bond acceptors (Lipinski definition) is 7. The molecule has 2 N–H and O–H groups in total. The zero-order valence-electron chi connectivity index (χ0n) is 12.5. The van der Waals surface area contributed by atoms with E-state index < -0.39 is 22.1 Å². The second kappa shape index (κ2) is 8.38. The third kappa shape index (κ3) is 4.63. The van der Waals surface area contributed by atoms with Gasteiger partial charge in [-0.15, -0.1) is 0 Å². The molecule has 2 unspecified atom stereocenters. The number of pyridine rings is 1. The maximum Gasteiger partial charge on any atom is 0.308 e. The van der Waals surface area contributed by atoms with Crippen molar-refractivity contribution >= 4 is 33.2 Å². The molecule has 0 saturated carbocycles. The largest absolute Gasteiger partial charge is 0.760 e. The van der Waals surface area contributed by atoms with E-state index in [0.29, 0.717) is 12.0 Å². The van der Waals surface area contributed by atoms with Crippen molar-refractivity contribution in [1.29, 1.82) is 0 Å². The molecular formula is C14H14BrN2O6S-. The summed E-state index contributed by atoms with van der Waals surface area (Å²) in [5.74, 6) is -0.704. The van der Waals surface area contributed by atoms with Gasteiger partial charge in [-0.3, -0.25) is 14.0 Å². The highest BCUT2D eigenvalue weighted by Crippen LogP contribution is 2.47. The van der Waals surface area contributed by atoms with Gasteiger partial charge in [0.1, 0.15) is 0 Å². The number of hydrogen-bond donors (Lipinski definition) is 2. The summed E-state index contributed by atoms with van der Waals surface area (Å²) in [4.78, 5) is 14.7. The molecule has 8 nitrogen and oxygen atoms in total. The summed E-state index contributed by atoms with van der Waals surface area (Å²) in [5, 5.41) is 10.3. The summed E-state index contributed by atoms with van der Waals surface area (Å²) in [7, 11) is 0. The number of carbonyl (C=O) groups is 1. The van der Waals surface area contributed by atoms with Crippen molar-refractivity contribution < 1.29 is 27.8 Å². The minimum absolute atomic E-state index is 0.0977. The summed E-state index contributed by atoms with van der Waals surface area (Å²) >= 11 is 0.973. The predicted octanol–water partition coefficient (Wildman–Crippen LogP) is 2.18. The van der Waals surface area contributed by atoms with E-state index in [-0.39, 0.29) is 29.6 Å². The average molecular weight is 418 g/mol. The van der Waals surface area contributed by atoms with Crippen LogP contribution in [0.3, 0.4) is 0 Å². The van der Waals surface area contributed by atoms with Gasteiger partial charge in [-0.05, 0) is 18.6 Å². The lowest BCUT2D eigenvalue weighted by atomic mass is 10.2. The molecule has 0 fully saturated rings. The number of aromatic nitrogens is 1. The number of nitrogens with zero attached hydrogens (tertiary/aromatic N) is 1. The molecule has 0 amide bonds. The number of ether oxygens (including phenoxy) is 1. The van der Waals surface area contributed by atoms with Gasteiger partial charge in [0.15, 0.2) is 11.5 Å². The summed E-state index contributed by atoms with van der Waals surface area (Å²) in [6, 6.07) is 3.26. The minimum atomic E-state index is -2.37. The Balaban J connectivity index is 2.34. The Kier molecular flexibility index (Phi) is 6.49. The monoisotopic (exact) mass is 417 g/mol. The molecule has 2 aromatic rings. The van der Waals surface area contributed by atoms with Gasteiger partial charge in [-0.2, -0.15) is 0 Å². The van der Waals surface area contributed by atoms with Gasteiger partial charge in [0, 0.05) is 42.7 Å². The molecule has 2 rings (SSSR count). The van der Waals surface area contributed by atoms with E-state index in [2.05, 4.69) is 25.6 Å². The third-order valence-electron chi connectivity index (χ3n) is 2.96. The molecule has 0 radical (unpaired) electrons. The molecule has 0 aliphatic carbocycles. The molecule has 2 heterocycles. The number of alkyl halides is 1. The van der Waals surface area contributed by atoms with E-state index >= 15 is 0 Å². The van der Waals surface area contributed by atoms with E-state index in [1.807, 2.05) is 0 Å². The van der Waals surface area contributed by atoms with E-state index in [4.69, 9.17) is 9.15 Å². The fourth-order valence-electron chi connectivity index (χ4n) is 1.97. The zero-order valence-corrected chi connectivity index (χ0v) is 14.9. The van der Waals surface area contributed by atoms with E-state index in [0.717, 1.165) is 0 Å². The molecule has 10 heteroatoms. The SMILES string of the molecule is CC(=O)Oc1c(C(Br)CCNS(=O)[O-])oc(-c2ccncc2)c1O. The first-order chi connectivity index (χ1) is 11.4. The molecule has 0 aliphatic heterocycles. The molecule has 2 atom stereocenters. The Labute approximate surface area is 148 Å². The van der Waals surface area contributed by atoms with Gasteiger partial charge in [0.05, 0.1) is 4.83 Å². The number of nitrogens with one attached hydrogen (secondary N) is 1. The molecular weight excluding hydrogens is 404 g/mol. The number of aromatic hydroxyl groups is 1. The van der Waals surface area contributed by atoms with Crippen LogP contribution < -0.4 is 9.46 Å². The van der Waals surface area contributed by atoms with Gasteiger partial charge in [0.25, 0.3) is 0 Å². The molecule has 130 valence electrons. The van der Waals surface area contributed by atoms with Gasteiger partial charge >= 0.3 is 5.97 Å². The van der Waals surface area contributed by atoms with Gasteiger partial charge in [0.2, 0.25) is 11.5 Å². The number of furan rings is 1. The van der Waals surface area contributed by atoms with E-state index in [1.165, 1.54) is 19.3 Å². The van der Waals surface area contributed by atoms with Crippen LogP contribution in [0.25, 0.3) is 11.3 Å². The molecule has 24 heavy (non-hydrogen) atoms. The van der Waals surface area contributed by atoms with Crippen molar-refractivity contribution in [2.24, 2.45) is 0 Å². The molecule has 0 saturated heterocycles. The van der Waals surface area contributed by atoms with Crippen LogP contribution in [0.15, 0.2) is 28.9 Å². The van der Waals surface area contributed by atoms with Crippen LogP contribution in [-0.2, 0) is 16.1 Å². The lowest BCUT2D eigenvalue weighted by Gasteiger charge is -2.11. The Morgan fingerprint density at radius 2 is 2.21 bits per heavy atom. The number of carbonyl (C=O) groups excluding carboxylic acids is 1. The van der Waals surface area contributed by atoms with Crippen LogP contribution in [0.5, 0.6) is 11.5 Å². The Bertz CT molecular complexity index is 736. The maximum atomic E-state index is 11.3. The topological polar surface area (TPSA) is 125 Å². The first-order valence-electron chi connectivity index (χ1n) is 6.81. The zero-order chi connectivity index (χ0) is 17.7. The summed E-state index contributed by atoms with van der Waals surface area (Å²) in [5.41, 5.74) is 0.556. The lowest BCUT2D eigenvalue weighted by Crippen LogP contribution is -2.18. The Morgan fingerprint density at radius 1 is 1.54 bits per heavy atom. The molecule has 0 bridgehead atoms. The van der Waals surface area contributed by atoms with E-state index in [1.54, 1.807) is 12.1 Å². The fourth-order valence-corrected chi connectivity index (χ4v) is 2.79. The fraction of sp³-hybridized carbons (Fsp3) is 0.286. The molecule has 0 aromatic carbocycles. The number of esters is 1. The van der Waals surface area contributed by atoms with E-state index in [9.17, 15) is 18.7 Å². The normalized spacial score (nSPS) is 13.5. The summed E-state index contributed by atoms with van der Waals surface area (Å²) in [6.07, 6.45) is 3.37. The predicted molar refractivity (Wildman–Crippen MR) is 88.1 cm³/mol. The lowest BCUT2D eigenvalue weighted by molar-refractivity contribution is -0.132.